The van der Waals surface area contributed by atoms with Crippen LogP contribution in [0.15, 0.2) is 42.0 Å². The van der Waals surface area contributed by atoms with Gasteiger partial charge in [0.15, 0.2) is 0 Å². The van der Waals surface area contributed by atoms with Gasteiger partial charge in [-0.15, -0.1) is 0 Å². The summed E-state index contributed by atoms with van der Waals surface area (Å²) in [6, 6.07) is 10.3. The number of hydrogen-bond acceptors (Lipinski definition) is 4. The molecule has 1 amide bonds. The smallest absolute Gasteiger partial charge is 0.288 e. The highest BCUT2D eigenvalue weighted by molar-refractivity contribution is 6.44. The molecule has 126 valence electrons. The molecule has 2 aromatic rings. The first-order valence-corrected chi connectivity index (χ1v) is 7.78. The van der Waals surface area contributed by atoms with E-state index in [9.17, 15) is 20.2 Å². The third-order valence-corrected chi connectivity index (χ3v) is 4.18. The largest absolute Gasteiger partial charge is 0.320 e. The predicted octanol–water partition coefficient (Wildman–Crippen LogP) is 5.10. The number of carbonyl (C=O) groups is 1. The highest BCUT2D eigenvalue weighted by Gasteiger charge is 2.15. The molecule has 0 saturated carbocycles. The average Bonchev–Trinajstić information content (AvgIpc) is 2.57. The molecule has 25 heavy (non-hydrogen) atoms. The lowest BCUT2D eigenvalue weighted by Crippen LogP contribution is -2.13. The molecular formula is C16H8Cl3N3O3. The molecule has 0 aliphatic heterocycles. The molecule has 0 unspecified atom stereocenters. The second-order valence-electron chi connectivity index (χ2n) is 4.69. The number of nitro groups is 1. The highest BCUT2D eigenvalue weighted by atomic mass is 35.5. The Hall–Kier alpha value is -2.59. The molecule has 6 nitrogen and oxygen atoms in total. The van der Waals surface area contributed by atoms with Gasteiger partial charge in [0, 0.05) is 6.07 Å². The van der Waals surface area contributed by atoms with Crippen LogP contribution in [0.3, 0.4) is 0 Å². The molecule has 9 heteroatoms. The quantitative estimate of drug-likeness (QED) is 0.336. The topological polar surface area (TPSA) is 96.0 Å². The number of anilines is 1. The molecule has 0 fully saturated rings. The zero-order chi connectivity index (χ0) is 18.6. The van der Waals surface area contributed by atoms with Crippen molar-refractivity contribution in [1.29, 1.82) is 5.26 Å². The molecular weight excluding hydrogens is 389 g/mol. The highest BCUT2D eigenvalue weighted by Crippen LogP contribution is 2.30. The van der Waals surface area contributed by atoms with Crippen molar-refractivity contribution in [2.75, 3.05) is 5.32 Å². The van der Waals surface area contributed by atoms with E-state index in [1.54, 1.807) is 18.2 Å². The van der Waals surface area contributed by atoms with E-state index in [4.69, 9.17) is 34.8 Å². The van der Waals surface area contributed by atoms with Crippen molar-refractivity contribution < 1.29 is 9.72 Å². The lowest BCUT2D eigenvalue weighted by atomic mass is 10.1. The maximum Gasteiger partial charge on any atom is 0.288 e. The van der Waals surface area contributed by atoms with E-state index in [0.717, 1.165) is 0 Å². The van der Waals surface area contributed by atoms with Crippen molar-refractivity contribution in [1.82, 2.24) is 0 Å². The monoisotopic (exact) mass is 395 g/mol. The first-order valence-electron chi connectivity index (χ1n) is 6.64. The molecule has 0 atom stereocenters. The number of halogens is 3. The number of nitro benzene ring substituents is 1. The standard InChI is InChI=1S/C16H8Cl3N3O3/c17-11-5-4-9(7-14(11)22(24)25)6-10(8-20)16(23)21-13-3-1-2-12(18)15(13)19/h1-7H,(H,21,23)/b10-6-. The van der Waals surface area contributed by atoms with Crippen LogP contribution in [0, 0.1) is 21.4 Å². The summed E-state index contributed by atoms with van der Waals surface area (Å²) in [6.07, 6.45) is 1.21. The van der Waals surface area contributed by atoms with Gasteiger partial charge in [-0.05, 0) is 29.8 Å². The Morgan fingerprint density at radius 2 is 1.92 bits per heavy atom. The van der Waals surface area contributed by atoms with Crippen molar-refractivity contribution in [2.24, 2.45) is 0 Å². The van der Waals surface area contributed by atoms with Crippen LogP contribution < -0.4 is 5.32 Å². The Kier molecular flexibility index (Phi) is 5.99. The van der Waals surface area contributed by atoms with Gasteiger partial charge in [0.2, 0.25) is 0 Å². The second kappa shape index (κ2) is 7.99. The summed E-state index contributed by atoms with van der Waals surface area (Å²) in [6.45, 7) is 0. The molecule has 0 spiro atoms. The van der Waals surface area contributed by atoms with E-state index in [2.05, 4.69) is 5.32 Å². The van der Waals surface area contributed by atoms with Crippen LogP contribution in [0.1, 0.15) is 5.56 Å². The summed E-state index contributed by atoms with van der Waals surface area (Å²) in [5.41, 5.74) is -0.0824. The minimum atomic E-state index is -0.732. The second-order valence-corrected chi connectivity index (χ2v) is 5.89. The summed E-state index contributed by atoms with van der Waals surface area (Å²) < 4.78 is 0. The van der Waals surface area contributed by atoms with Gasteiger partial charge in [-0.1, -0.05) is 46.9 Å². The molecule has 1 N–H and O–H groups in total. The third kappa shape index (κ3) is 4.48. The van der Waals surface area contributed by atoms with Crippen LogP contribution in [0.4, 0.5) is 11.4 Å². The third-order valence-electron chi connectivity index (χ3n) is 3.04. The molecule has 0 bridgehead atoms. The summed E-state index contributed by atoms with van der Waals surface area (Å²) in [5, 5.41) is 22.9. The van der Waals surface area contributed by atoms with Crippen LogP contribution >= 0.6 is 34.8 Å². The van der Waals surface area contributed by atoms with Gasteiger partial charge in [0.25, 0.3) is 11.6 Å². The van der Waals surface area contributed by atoms with Gasteiger partial charge >= 0.3 is 0 Å². The Labute approximate surface area is 157 Å². The van der Waals surface area contributed by atoms with Crippen LogP contribution in [0.2, 0.25) is 15.1 Å². The van der Waals surface area contributed by atoms with Gasteiger partial charge < -0.3 is 5.32 Å². The normalized spacial score (nSPS) is 10.9. The minimum Gasteiger partial charge on any atom is -0.320 e. The maximum atomic E-state index is 12.2. The van der Waals surface area contributed by atoms with Gasteiger partial charge in [-0.25, -0.2) is 0 Å². The van der Waals surface area contributed by atoms with E-state index in [1.165, 1.54) is 30.3 Å². The van der Waals surface area contributed by atoms with Crippen molar-refractivity contribution in [3.05, 3.63) is 72.7 Å². The fourth-order valence-corrected chi connectivity index (χ4v) is 2.40. The zero-order valence-electron chi connectivity index (χ0n) is 12.3. The molecule has 0 aromatic heterocycles. The summed E-state index contributed by atoms with van der Waals surface area (Å²) in [7, 11) is 0. The summed E-state index contributed by atoms with van der Waals surface area (Å²) >= 11 is 17.6. The molecule has 0 radical (unpaired) electrons. The molecule has 0 aliphatic carbocycles. The number of hydrogen-bond donors (Lipinski definition) is 1. The van der Waals surface area contributed by atoms with Crippen molar-refractivity contribution >= 4 is 58.2 Å². The van der Waals surface area contributed by atoms with E-state index in [1.807, 2.05) is 0 Å². The van der Waals surface area contributed by atoms with Crippen molar-refractivity contribution in [3.8, 4) is 6.07 Å². The first-order chi connectivity index (χ1) is 11.8. The van der Waals surface area contributed by atoms with Crippen LogP contribution in [-0.2, 0) is 4.79 Å². The van der Waals surface area contributed by atoms with Crippen molar-refractivity contribution in [2.45, 2.75) is 0 Å². The Morgan fingerprint density at radius 1 is 1.20 bits per heavy atom. The number of nitrogens with one attached hydrogen (secondary N) is 1. The van der Waals surface area contributed by atoms with E-state index in [0.29, 0.717) is 0 Å². The molecule has 2 rings (SSSR count). The number of benzene rings is 2. The van der Waals surface area contributed by atoms with E-state index < -0.39 is 10.8 Å². The van der Waals surface area contributed by atoms with Gasteiger partial charge in [0.1, 0.15) is 16.7 Å². The Morgan fingerprint density at radius 3 is 2.56 bits per heavy atom. The number of nitrogens with zero attached hydrogens (tertiary/aromatic N) is 2. The summed E-state index contributed by atoms with van der Waals surface area (Å²) in [5.74, 6) is -0.732. The molecule has 0 heterocycles. The van der Waals surface area contributed by atoms with Crippen LogP contribution in [-0.4, -0.2) is 10.8 Å². The van der Waals surface area contributed by atoms with Gasteiger partial charge in [0.05, 0.1) is 20.7 Å². The molecule has 2 aromatic carbocycles. The number of amides is 1. The Bertz CT molecular complexity index is 936. The number of carbonyl (C=O) groups excluding carboxylic acids is 1. The lowest BCUT2D eigenvalue weighted by Gasteiger charge is -2.07. The molecule has 0 saturated heterocycles. The van der Waals surface area contributed by atoms with Crippen molar-refractivity contribution in [3.63, 3.8) is 0 Å². The Balaban J connectivity index is 2.33. The SMILES string of the molecule is N#C/C(=C/c1ccc(Cl)c([N+](=O)[O-])c1)C(=O)Nc1cccc(Cl)c1Cl. The van der Waals surface area contributed by atoms with Crippen LogP contribution in [0.5, 0.6) is 0 Å². The summed E-state index contributed by atoms with van der Waals surface area (Å²) in [4.78, 5) is 22.5. The number of rotatable bonds is 4. The van der Waals surface area contributed by atoms with Gasteiger partial charge in [-0.3, -0.25) is 14.9 Å². The number of nitriles is 1. The fourth-order valence-electron chi connectivity index (χ4n) is 1.86. The predicted molar refractivity (Wildman–Crippen MR) is 96.8 cm³/mol. The fraction of sp³-hybridized carbons (Fsp3) is 0. The molecule has 0 aliphatic rings. The van der Waals surface area contributed by atoms with E-state index in [-0.39, 0.29) is 37.6 Å². The van der Waals surface area contributed by atoms with Crippen LogP contribution in [0.25, 0.3) is 6.08 Å². The minimum absolute atomic E-state index is 0.0455. The maximum absolute atomic E-state index is 12.2. The first kappa shape index (κ1) is 18.7. The van der Waals surface area contributed by atoms with Gasteiger partial charge in [-0.2, -0.15) is 5.26 Å². The average molecular weight is 397 g/mol. The lowest BCUT2D eigenvalue weighted by molar-refractivity contribution is -0.384. The zero-order valence-corrected chi connectivity index (χ0v) is 14.6. The van der Waals surface area contributed by atoms with E-state index >= 15 is 0 Å².